The maximum absolute atomic E-state index is 13.8. The molecule has 29 heavy (non-hydrogen) atoms. The second kappa shape index (κ2) is 7.65. The van der Waals surface area contributed by atoms with Crippen molar-refractivity contribution in [2.45, 2.75) is 32.2 Å². The second-order valence-corrected chi connectivity index (χ2v) is 6.78. The fourth-order valence-corrected chi connectivity index (χ4v) is 3.34. The molecule has 2 heterocycles. The van der Waals surface area contributed by atoms with Crippen molar-refractivity contribution in [2.24, 2.45) is 0 Å². The zero-order valence-corrected chi connectivity index (χ0v) is 15.2. The zero-order valence-electron chi connectivity index (χ0n) is 15.2. The van der Waals surface area contributed by atoms with Crippen LogP contribution in [0.5, 0.6) is 0 Å². The van der Waals surface area contributed by atoms with Gasteiger partial charge >= 0.3 is 0 Å². The van der Waals surface area contributed by atoms with E-state index < -0.39 is 34.7 Å². The summed E-state index contributed by atoms with van der Waals surface area (Å²) < 4.78 is 55.6. The van der Waals surface area contributed by atoms with E-state index in [0.29, 0.717) is 11.9 Å². The third kappa shape index (κ3) is 3.59. The van der Waals surface area contributed by atoms with Crippen molar-refractivity contribution in [1.82, 2.24) is 14.8 Å². The van der Waals surface area contributed by atoms with Crippen LogP contribution in [0, 0.1) is 23.3 Å². The van der Waals surface area contributed by atoms with Crippen LogP contribution in [0.15, 0.2) is 30.3 Å². The Morgan fingerprint density at radius 3 is 2.45 bits per heavy atom. The van der Waals surface area contributed by atoms with Gasteiger partial charge in [0.05, 0.1) is 5.56 Å². The molecule has 4 rings (SSSR count). The Kier molecular flexibility index (Phi) is 5.04. The highest BCUT2D eigenvalue weighted by Crippen LogP contribution is 2.25. The molecule has 3 aromatic rings. The Labute approximate surface area is 163 Å². The van der Waals surface area contributed by atoms with Crippen molar-refractivity contribution in [3.8, 4) is 11.4 Å². The number of fused-ring (bicyclic) bond motifs is 1. The average Bonchev–Trinajstić information content (AvgIpc) is 2.97. The first-order valence-electron chi connectivity index (χ1n) is 9.12. The molecule has 0 radical (unpaired) electrons. The fourth-order valence-electron chi connectivity index (χ4n) is 3.34. The predicted molar refractivity (Wildman–Crippen MR) is 97.2 cm³/mol. The standard InChI is InChI=1S/C20H16F4N4O/c21-14-10-13(16(22)18(24)17(14)23)20(29)25-12-7-5-11(6-8-12)19-27-26-15-4-2-1-3-9-28(15)19/h5-8,10H,1-4,9H2,(H,25,29). The van der Waals surface area contributed by atoms with Crippen molar-refractivity contribution in [3.05, 3.63) is 65.0 Å². The third-order valence-electron chi connectivity index (χ3n) is 4.86. The summed E-state index contributed by atoms with van der Waals surface area (Å²) in [5, 5.41) is 10.8. The molecule has 0 bridgehead atoms. The smallest absolute Gasteiger partial charge is 0.258 e. The summed E-state index contributed by atoms with van der Waals surface area (Å²) in [6.07, 6.45) is 4.12. The van der Waals surface area contributed by atoms with Gasteiger partial charge in [0.2, 0.25) is 0 Å². The molecule has 2 aromatic carbocycles. The molecule has 1 aromatic heterocycles. The molecule has 1 N–H and O–H groups in total. The second-order valence-electron chi connectivity index (χ2n) is 6.78. The van der Waals surface area contributed by atoms with Gasteiger partial charge in [0, 0.05) is 24.2 Å². The number of nitrogens with one attached hydrogen (secondary N) is 1. The molecule has 0 fully saturated rings. The number of nitrogens with zero attached hydrogens (tertiary/aromatic N) is 3. The molecule has 1 amide bonds. The number of carbonyl (C=O) groups excluding carboxylic acids is 1. The third-order valence-corrected chi connectivity index (χ3v) is 4.86. The van der Waals surface area contributed by atoms with Crippen molar-refractivity contribution in [3.63, 3.8) is 0 Å². The van der Waals surface area contributed by atoms with Gasteiger partial charge in [0.25, 0.3) is 5.91 Å². The fraction of sp³-hybridized carbons (Fsp3) is 0.250. The maximum atomic E-state index is 13.8. The van der Waals surface area contributed by atoms with Crippen LogP contribution in [0.1, 0.15) is 35.4 Å². The SMILES string of the molecule is O=C(Nc1ccc(-c2nnc3n2CCCCC3)cc1)c1cc(F)c(F)c(F)c1F. The van der Waals surface area contributed by atoms with E-state index in [2.05, 4.69) is 20.1 Å². The lowest BCUT2D eigenvalue weighted by molar-refractivity contribution is 0.102. The van der Waals surface area contributed by atoms with Crippen LogP contribution in [-0.4, -0.2) is 20.7 Å². The number of rotatable bonds is 3. The van der Waals surface area contributed by atoms with Crippen LogP contribution in [0.25, 0.3) is 11.4 Å². The summed E-state index contributed by atoms with van der Waals surface area (Å²) in [4.78, 5) is 12.2. The summed E-state index contributed by atoms with van der Waals surface area (Å²) in [6.45, 7) is 0.830. The van der Waals surface area contributed by atoms with E-state index in [1.807, 2.05) is 0 Å². The van der Waals surface area contributed by atoms with Crippen molar-refractivity contribution in [1.29, 1.82) is 0 Å². The highest BCUT2D eigenvalue weighted by Gasteiger charge is 2.23. The number of anilines is 1. The highest BCUT2D eigenvalue weighted by atomic mass is 19.2. The molecule has 1 aliphatic rings. The van der Waals surface area contributed by atoms with Gasteiger partial charge in [-0.15, -0.1) is 10.2 Å². The number of amides is 1. The minimum absolute atomic E-state index is 0.277. The average molecular weight is 404 g/mol. The lowest BCUT2D eigenvalue weighted by atomic mass is 10.1. The molecule has 0 atom stereocenters. The van der Waals surface area contributed by atoms with Gasteiger partial charge in [-0.25, -0.2) is 17.6 Å². The van der Waals surface area contributed by atoms with Gasteiger partial charge in [-0.3, -0.25) is 4.79 Å². The first-order chi connectivity index (χ1) is 14.0. The van der Waals surface area contributed by atoms with Crippen molar-refractivity contribution in [2.75, 3.05) is 5.32 Å². The monoisotopic (exact) mass is 404 g/mol. The normalized spacial score (nSPS) is 13.7. The number of benzene rings is 2. The molecule has 0 saturated carbocycles. The zero-order chi connectivity index (χ0) is 20.5. The van der Waals surface area contributed by atoms with Gasteiger partial charge in [-0.05, 0) is 43.2 Å². The topological polar surface area (TPSA) is 59.8 Å². The van der Waals surface area contributed by atoms with E-state index in [0.717, 1.165) is 43.6 Å². The molecule has 150 valence electrons. The highest BCUT2D eigenvalue weighted by molar-refractivity contribution is 6.04. The lowest BCUT2D eigenvalue weighted by Crippen LogP contribution is -2.16. The number of hydrogen-bond donors (Lipinski definition) is 1. The van der Waals surface area contributed by atoms with Crippen LogP contribution in [-0.2, 0) is 13.0 Å². The summed E-state index contributed by atoms with van der Waals surface area (Å²) in [5.41, 5.74) is 0.140. The van der Waals surface area contributed by atoms with E-state index in [-0.39, 0.29) is 5.69 Å². The minimum atomic E-state index is -2.03. The largest absolute Gasteiger partial charge is 0.322 e. The van der Waals surface area contributed by atoms with Crippen molar-refractivity contribution < 1.29 is 22.4 Å². The van der Waals surface area contributed by atoms with Crippen LogP contribution in [0.3, 0.4) is 0 Å². The molecular formula is C20H16F4N4O. The molecule has 0 saturated heterocycles. The van der Waals surface area contributed by atoms with Crippen LogP contribution in [0.4, 0.5) is 23.2 Å². The summed E-state index contributed by atoms with van der Waals surface area (Å²) >= 11 is 0. The Hall–Kier alpha value is -3.23. The van der Waals surface area contributed by atoms with Crippen molar-refractivity contribution >= 4 is 11.6 Å². The van der Waals surface area contributed by atoms with Gasteiger partial charge < -0.3 is 9.88 Å². The molecule has 9 heteroatoms. The number of halogens is 4. The molecular weight excluding hydrogens is 388 g/mol. The lowest BCUT2D eigenvalue weighted by Gasteiger charge is -2.09. The first kappa shape index (κ1) is 19.1. The quantitative estimate of drug-likeness (QED) is 0.398. The van der Waals surface area contributed by atoms with Gasteiger partial charge in [0.15, 0.2) is 29.1 Å². The Balaban J connectivity index is 1.55. The molecule has 1 aliphatic heterocycles. The minimum Gasteiger partial charge on any atom is -0.322 e. The number of carbonyl (C=O) groups is 1. The summed E-state index contributed by atoms with van der Waals surface area (Å²) in [5.74, 6) is -6.82. The molecule has 0 unspecified atom stereocenters. The molecule has 0 spiro atoms. The number of aromatic nitrogens is 3. The Morgan fingerprint density at radius 1 is 0.931 bits per heavy atom. The number of aryl methyl sites for hydroxylation is 1. The van der Waals surface area contributed by atoms with Crippen LogP contribution in [0.2, 0.25) is 0 Å². The van der Waals surface area contributed by atoms with Crippen LogP contribution < -0.4 is 5.32 Å². The summed E-state index contributed by atoms with van der Waals surface area (Å²) in [6, 6.07) is 6.85. The maximum Gasteiger partial charge on any atom is 0.258 e. The predicted octanol–water partition coefficient (Wildman–Crippen LogP) is 4.48. The van der Waals surface area contributed by atoms with E-state index >= 15 is 0 Å². The van der Waals surface area contributed by atoms with E-state index in [4.69, 9.17) is 0 Å². The van der Waals surface area contributed by atoms with Gasteiger partial charge in [0.1, 0.15) is 5.82 Å². The first-order valence-corrected chi connectivity index (χ1v) is 9.12. The van der Waals surface area contributed by atoms with E-state index in [1.54, 1.807) is 24.3 Å². The van der Waals surface area contributed by atoms with Gasteiger partial charge in [-0.2, -0.15) is 0 Å². The Bertz CT molecular complexity index is 1080. The molecule has 5 nitrogen and oxygen atoms in total. The van der Waals surface area contributed by atoms with Crippen LogP contribution >= 0.6 is 0 Å². The van der Waals surface area contributed by atoms with Gasteiger partial charge in [-0.1, -0.05) is 6.42 Å². The molecule has 0 aliphatic carbocycles. The number of hydrogen-bond acceptors (Lipinski definition) is 3. The van der Waals surface area contributed by atoms with E-state index in [9.17, 15) is 22.4 Å². The summed E-state index contributed by atoms with van der Waals surface area (Å²) in [7, 11) is 0. The van der Waals surface area contributed by atoms with E-state index in [1.165, 1.54) is 0 Å². The Morgan fingerprint density at radius 2 is 1.69 bits per heavy atom.